The van der Waals surface area contributed by atoms with Gasteiger partial charge in [-0.15, -0.1) is 11.3 Å². The highest BCUT2D eigenvalue weighted by molar-refractivity contribution is 7.13. The van der Waals surface area contributed by atoms with E-state index in [1.54, 1.807) is 12.1 Å². The second kappa shape index (κ2) is 8.17. The molecular formula is C16H24O4S. The molecule has 4 nitrogen and oxygen atoms in total. The van der Waals surface area contributed by atoms with Crippen LogP contribution in [-0.2, 0) is 16.0 Å². The number of carboxylic acid groups (broad SMARTS) is 1. The Morgan fingerprint density at radius 2 is 1.90 bits per heavy atom. The van der Waals surface area contributed by atoms with Crippen molar-refractivity contribution in [3.63, 3.8) is 0 Å². The third kappa shape index (κ3) is 4.56. The van der Waals surface area contributed by atoms with Gasteiger partial charge in [0.2, 0.25) is 0 Å². The summed E-state index contributed by atoms with van der Waals surface area (Å²) in [6, 6.07) is 3.40. The van der Waals surface area contributed by atoms with Gasteiger partial charge in [-0.2, -0.15) is 0 Å². The van der Waals surface area contributed by atoms with Crippen molar-refractivity contribution < 1.29 is 19.4 Å². The van der Waals surface area contributed by atoms with Gasteiger partial charge in [0.05, 0.1) is 12.0 Å². The van der Waals surface area contributed by atoms with E-state index >= 15 is 0 Å². The number of rotatable bonds is 9. The van der Waals surface area contributed by atoms with E-state index < -0.39 is 11.4 Å². The van der Waals surface area contributed by atoms with Gasteiger partial charge < -0.3 is 9.84 Å². The first-order chi connectivity index (χ1) is 9.99. The molecule has 0 spiro atoms. The summed E-state index contributed by atoms with van der Waals surface area (Å²) in [5, 5.41) is 8.98. The number of aromatic carboxylic acids is 1. The van der Waals surface area contributed by atoms with Crippen LogP contribution >= 0.6 is 11.3 Å². The van der Waals surface area contributed by atoms with Crippen LogP contribution in [0.3, 0.4) is 0 Å². The topological polar surface area (TPSA) is 63.6 Å². The predicted octanol–water partition coefficient (Wildman–Crippen LogP) is 4.14. The highest BCUT2D eigenvalue weighted by Gasteiger charge is 2.37. The summed E-state index contributed by atoms with van der Waals surface area (Å²) in [4.78, 5) is 24.6. The van der Waals surface area contributed by atoms with E-state index in [0.29, 0.717) is 30.7 Å². The monoisotopic (exact) mass is 312 g/mol. The molecule has 0 aromatic carbocycles. The Balaban J connectivity index is 2.83. The van der Waals surface area contributed by atoms with Crippen molar-refractivity contribution in [1.82, 2.24) is 0 Å². The molecule has 1 N–H and O–H groups in total. The van der Waals surface area contributed by atoms with Crippen LogP contribution in [0.1, 0.15) is 61.0 Å². The van der Waals surface area contributed by atoms with Crippen LogP contribution in [0.2, 0.25) is 0 Å². The zero-order chi connectivity index (χ0) is 15.9. The number of hydrogen-bond acceptors (Lipinski definition) is 4. The molecule has 0 aliphatic carbocycles. The molecule has 5 heteroatoms. The SMILES string of the molecule is CCCCOC(=O)C(CC)(CC)Cc1ccc(C(=O)O)s1. The summed E-state index contributed by atoms with van der Waals surface area (Å²) in [7, 11) is 0. The van der Waals surface area contributed by atoms with Crippen LogP contribution in [0.15, 0.2) is 12.1 Å². The van der Waals surface area contributed by atoms with Gasteiger partial charge in [0.1, 0.15) is 4.88 Å². The maximum Gasteiger partial charge on any atom is 0.345 e. The zero-order valence-corrected chi connectivity index (χ0v) is 13.8. The standard InChI is InChI=1S/C16H24O4S/c1-4-7-10-20-15(19)16(5-2,6-3)11-12-8-9-13(21-12)14(17)18/h8-9H,4-7,10-11H2,1-3H3,(H,17,18). The molecule has 0 unspecified atom stereocenters. The van der Waals surface area contributed by atoms with E-state index in [9.17, 15) is 9.59 Å². The van der Waals surface area contributed by atoms with Crippen LogP contribution in [0.5, 0.6) is 0 Å². The Morgan fingerprint density at radius 3 is 2.38 bits per heavy atom. The van der Waals surface area contributed by atoms with Crippen molar-refractivity contribution in [2.45, 2.75) is 52.9 Å². The second-order valence-corrected chi connectivity index (χ2v) is 6.39. The average Bonchev–Trinajstić information content (AvgIpc) is 2.93. The number of ether oxygens (including phenoxy) is 1. The lowest BCUT2D eigenvalue weighted by Crippen LogP contribution is -2.34. The van der Waals surface area contributed by atoms with Gasteiger partial charge in [0.15, 0.2) is 0 Å². The number of carbonyl (C=O) groups excluding carboxylic acids is 1. The molecule has 0 saturated carbocycles. The second-order valence-electron chi connectivity index (χ2n) is 5.22. The number of carboxylic acids is 1. The summed E-state index contributed by atoms with van der Waals surface area (Å²) in [6.45, 7) is 6.48. The van der Waals surface area contributed by atoms with Crippen molar-refractivity contribution in [2.24, 2.45) is 5.41 Å². The molecule has 0 aliphatic heterocycles. The van der Waals surface area contributed by atoms with Crippen LogP contribution < -0.4 is 0 Å². The lowest BCUT2D eigenvalue weighted by atomic mass is 9.79. The fourth-order valence-electron chi connectivity index (χ4n) is 2.24. The van der Waals surface area contributed by atoms with Gasteiger partial charge in [-0.3, -0.25) is 4.79 Å². The number of hydrogen-bond donors (Lipinski definition) is 1. The van der Waals surface area contributed by atoms with E-state index in [2.05, 4.69) is 6.92 Å². The molecule has 1 aromatic heterocycles. The molecule has 0 aliphatic rings. The molecule has 21 heavy (non-hydrogen) atoms. The molecule has 1 rings (SSSR count). The van der Waals surface area contributed by atoms with E-state index in [1.807, 2.05) is 13.8 Å². The maximum absolute atomic E-state index is 12.4. The van der Waals surface area contributed by atoms with Gasteiger partial charge in [-0.05, 0) is 37.8 Å². The quantitative estimate of drug-likeness (QED) is 0.550. The van der Waals surface area contributed by atoms with Crippen LogP contribution in [0.4, 0.5) is 0 Å². The molecular weight excluding hydrogens is 288 g/mol. The number of esters is 1. The maximum atomic E-state index is 12.4. The Morgan fingerprint density at radius 1 is 1.24 bits per heavy atom. The van der Waals surface area contributed by atoms with Gasteiger partial charge in [-0.25, -0.2) is 4.79 Å². The van der Waals surface area contributed by atoms with Crippen molar-refractivity contribution in [1.29, 1.82) is 0 Å². The Labute approximate surface area is 130 Å². The van der Waals surface area contributed by atoms with Gasteiger partial charge in [0.25, 0.3) is 0 Å². The van der Waals surface area contributed by atoms with Gasteiger partial charge >= 0.3 is 11.9 Å². The lowest BCUT2D eigenvalue weighted by molar-refractivity contribution is -0.156. The predicted molar refractivity (Wildman–Crippen MR) is 83.9 cm³/mol. The summed E-state index contributed by atoms with van der Waals surface area (Å²) in [6.07, 6.45) is 3.79. The van der Waals surface area contributed by atoms with Crippen molar-refractivity contribution in [3.05, 3.63) is 21.9 Å². The lowest BCUT2D eigenvalue weighted by Gasteiger charge is -2.28. The Kier molecular flexibility index (Phi) is 6.89. The first kappa shape index (κ1) is 17.7. The largest absolute Gasteiger partial charge is 0.477 e. The van der Waals surface area contributed by atoms with Crippen molar-refractivity contribution in [2.75, 3.05) is 6.61 Å². The minimum Gasteiger partial charge on any atom is -0.477 e. The fourth-order valence-corrected chi connectivity index (χ4v) is 3.23. The average molecular weight is 312 g/mol. The molecule has 0 saturated heterocycles. The van der Waals surface area contributed by atoms with E-state index in [4.69, 9.17) is 9.84 Å². The van der Waals surface area contributed by atoms with E-state index in [0.717, 1.165) is 17.7 Å². The van der Waals surface area contributed by atoms with Crippen molar-refractivity contribution >= 4 is 23.3 Å². The van der Waals surface area contributed by atoms with Gasteiger partial charge in [-0.1, -0.05) is 27.2 Å². The molecule has 0 bridgehead atoms. The smallest absolute Gasteiger partial charge is 0.345 e. The van der Waals surface area contributed by atoms with E-state index in [1.165, 1.54) is 11.3 Å². The fraction of sp³-hybridized carbons (Fsp3) is 0.625. The minimum absolute atomic E-state index is 0.161. The third-order valence-electron chi connectivity index (χ3n) is 3.90. The number of unbranched alkanes of at least 4 members (excludes halogenated alkanes) is 1. The normalized spacial score (nSPS) is 11.4. The number of thiophene rings is 1. The molecule has 118 valence electrons. The first-order valence-electron chi connectivity index (χ1n) is 7.48. The summed E-state index contributed by atoms with van der Waals surface area (Å²) in [5.74, 6) is -1.08. The molecule has 1 aromatic rings. The first-order valence-corrected chi connectivity index (χ1v) is 8.30. The van der Waals surface area contributed by atoms with Crippen LogP contribution in [0.25, 0.3) is 0 Å². The Hall–Kier alpha value is -1.36. The highest BCUT2D eigenvalue weighted by atomic mass is 32.1. The summed E-state index contributed by atoms with van der Waals surface area (Å²) < 4.78 is 5.41. The molecule has 0 atom stereocenters. The van der Waals surface area contributed by atoms with Crippen molar-refractivity contribution in [3.8, 4) is 0 Å². The number of carbonyl (C=O) groups is 2. The minimum atomic E-state index is -0.921. The zero-order valence-electron chi connectivity index (χ0n) is 13.0. The molecule has 0 radical (unpaired) electrons. The highest BCUT2D eigenvalue weighted by Crippen LogP contribution is 2.35. The van der Waals surface area contributed by atoms with Gasteiger partial charge in [0, 0.05) is 4.88 Å². The molecule has 0 fully saturated rings. The summed E-state index contributed by atoms with van der Waals surface area (Å²) in [5.41, 5.74) is -0.547. The van der Waals surface area contributed by atoms with E-state index in [-0.39, 0.29) is 5.97 Å². The third-order valence-corrected chi connectivity index (χ3v) is 4.98. The molecule has 1 heterocycles. The van der Waals surface area contributed by atoms with Crippen LogP contribution in [0, 0.1) is 5.41 Å². The molecule has 0 amide bonds. The Bertz CT molecular complexity index is 474. The van der Waals surface area contributed by atoms with Crippen LogP contribution in [-0.4, -0.2) is 23.7 Å². The summed E-state index contributed by atoms with van der Waals surface area (Å²) >= 11 is 1.24.